The fourth-order valence-corrected chi connectivity index (χ4v) is 3.39. The topological polar surface area (TPSA) is 55.1 Å². The first kappa shape index (κ1) is 17.4. The Morgan fingerprint density at radius 1 is 1.36 bits per heavy atom. The molecule has 2 aromatic heterocycles. The van der Waals surface area contributed by atoms with Gasteiger partial charge in [-0.3, -0.25) is 4.79 Å². The Bertz CT molecular complexity index is 900. The Kier molecular flexibility index (Phi) is 4.99. The molecule has 4 nitrogen and oxygen atoms in total. The first-order chi connectivity index (χ1) is 11.9. The van der Waals surface area contributed by atoms with Crippen molar-refractivity contribution in [2.24, 2.45) is 5.92 Å². The minimum atomic E-state index is -0.291. The van der Waals surface area contributed by atoms with Crippen molar-refractivity contribution >= 4 is 22.4 Å². The van der Waals surface area contributed by atoms with Crippen molar-refractivity contribution in [2.45, 2.75) is 27.2 Å². The van der Waals surface area contributed by atoms with Crippen LogP contribution >= 0.6 is 11.3 Å². The Morgan fingerprint density at radius 3 is 2.84 bits per heavy atom. The van der Waals surface area contributed by atoms with E-state index in [-0.39, 0.29) is 17.6 Å². The van der Waals surface area contributed by atoms with Gasteiger partial charge in [0.05, 0.1) is 5.69 Å². The van der Waals surface area contributed by atoms with Crippen molar-refractivity contribution in [1.82, 2.24) is 4.98 Å². The van der Waals surface area contributed by atoms with Crippen LogP contribution in [-0.2, 0) is 11.2 Å². The molecule has 0 aliphatic heterocycles. The third kappa shape index (κ3) is 4.14. The van der Waals surface area contributed by atoms with Crippen molar-refractivity contribution in [3.05, 3.63) is 58.6 Å². The van der Waals surface area contributed by atoms with Crippen LogP contribution in [0.3, 0.4) is 0 Å². The number of nitrogens with zero attached hydrogens (tertiary/aromatic N) is 1. The van der Waals surface area contributed by atoms with Gasteiger partial charge in [0.1, 0.15) is 17.3 Å². The number of benzene rings is 1. The molecule has 25 heavy (non-hydrogen) atoms. The second kappa shape index (κ2) is 7.19. The fraction of sp³-hybridized carbons (Fsp3) is 0.263. The monoisotopic (exact) mass is 358 g/mol. The lowest BCUT2D eigenvalue weighted by Crippen LogP contribution is -2.22. The largest absolute Gasteiger partial charge is 0.466 e. The predicted octanol–water partition coefficient (Wildman–Crippen LogP) is 4.98. The first-order valence-electron chi connectivity index (χ1n) is 8.00. The molecule has 3 aromatic rings. The lowest BCUT2D eigenvalue weighted by Gasteiger charge is -2.10. The van der Waals surface area contributed by atoms with Gasteiger partial charge in [-0.05, 0) is 44.0 Å². The Morgan fingerprint density at radius 2 is 2.16 bits per heavy atom. The molecule has 6 heteroatoms. The number of hydrogen-bond donors (Lipinski definition) is 1. The van der Waals surface area contributed by atoms with E-state index in [1.807, 2.05) is 38.3 Å². The van der Waals surface area contributed by atoms with Crippen LogP contribution in [0.5, 0.6) is 0 Å². The summed E-state index contributed by atoms with van der Waals surface area (Å²) in [6.07, 6.45) is 0.474. The summed E-state index contributed by atoms with van der Waals surface area (Å²) in [6.45, 7) is 5.60. The molecule has 2 heterocycles. The SMILES string of the molecule is Cc1cc(-c2csc(NC(=O)C(C)Cc3cccc(F)c3)n2)c(C)o1. The molecule has 1 atom stereocenters. The summed E-state index contributed by atoms with van der Waals surface area (Å²) in [5.74, 6) is 0.924. The number of carbonyl (C=O) groups excluding carboxylic acids is 1. The number of amides is 1. The molecule has 0 saturated heterocycles. The zero-order valence-electron chi connectivity index (χ0n) is 14.3. The molecule has 1 N–H and O–H groups in total. The Hall–Kier alpha value is -2.47. The van der Waals surface area contributed by atoms with Crippen LogP contribution in [0, 0.1) is 25.6 Å². The average molecular weight is 358 g/mol. The Labute approximate surface area is 149 Å². The molecule has 0 aliphatic rings. The van der Waals surface area contributed by atoms with E-state index in [2.05, 4.69) is 10.3 Å². The molecule has 3 rings (SSSR count). The van der Waals surface area contributed by atoms with E-state index in [1.54, 1.807) is 6.07 Å². The third-order valence-electron chi connectivity index (χ3n) is 3.93. The van der Waals surface area contributed by atoms with Gasteiger partial charge in [-0.2, -0.15) is 0 Å². The number of carbonyl (C=O) groups is 1. The summed E-state index contributed by atoms with van der Waals surface area (Å²) in [5, 5.41) is 5.28. The zero-order valence-corrected chi connectivity index (χ0v) is 15.1. The van der Waals surface area contributed by atoms with Crippen LogP contribution < -0.4 is 5.32 Å². The summed E-state index contributed by atoms with van der Waals surface area (Å²) in [6, 6.07) is 8.25. The molecular formula is C19H19FN2O2S. The van der Waals surface area contributed by atoms with Crippen LogP contribution in [0.2, 0.25) is 0 Å². The minimum absolute atomic E-state index is 0.134. The maximum Gasteiger partial charge on any atom is 0.229 e. The predicted molar refractivity (Wildman–Crippen MR) is 97.2 cm³/mol. The second-order valence-electron chi connectivity index (χ2n) is 6.09. The molecular weight excluding hydrogens is 339 g/mol. The second-order valence-corrected chi connectivity index (χ2v) is 6.95. The number of rotatable bonds is 5. The number of aryl methyl sites for hydroxylation is 2. The van der Waals surface area contributed by atoms with Gasteiger partial charge in [0, 0.05) is 16.9 Å². The molecule has 130 valence electrons. The smallest absolute Gasteiger partial charge is 0.229 e. The van der Waals surface area contributed by atoms with Gasteiger partial charge in [-0.1, -0.05) is 19.1 Å². The van der Waals surface area contributed by atoms with E-state index < -0.39 is 0 Å². The van der Waals surface area contributed by atoms with Gasteiger partial charge in [0.15, 0.2) is 5.13 Å². The van der Waals surface area contributed by atoms with Crippen molar-refractivity contribution in [3.8, 4) is 11.3 Å². The lowest BCUT2D eigenvalue weighted by atomic mass is 10.0. The molecule has 0 bridgehead atoms. The van der Waals surface area contributed by atoms with Crippen LogP contribution in [0.15, 0.2) is 40.1 Å². The highest BCUT2D eigenvalue weighted by Gasteiger charge is 2.17. The molecule has 1 aromatic carbocycles. The summed E-state index contributed by atoms with van der Waals surface area (Å²) in [5.41, 5.74) is 2.52. The zero-order chi connectivity index (χ0) is 18.0. The van der Waals surface area contributed by atoms with E-state index in [9.17, 15) is 9.18 Å². The van der Waals surface area contributed by atoms with Crippen LogP contribution in [0.1, 0.15) is 24.0 Å². The van der Waals surface area contributed by atoms with Gasteiger partial charge in [0.25, 0.3) is 0 Å². The molecule has 0 fully saturated rings. The van der Waals surface area contributed by atoms with E-state index >= 15 is 0 Å². The van der Waals surface area contributed by atoms with E-state index in [0.29, 0.717) is 11.6 Å². The summed E-state index contributed by atoms with van der Waals surface area (Å²) >= 11 is 1.37. The van der Waals surface area contributed by atoms with Gasteiger partial charge in [-0.15, -0.1) is 11.3 Å². The average Bonchev–Trinajstić information content (AvgIpc) is 3.13. The number of anilines is 1. The standard InChI is InChI=1S/C19H19FN2O2S/c1-11(7-14-5-4-6-15(20)9-14)18(23)22-19-21-17(10-25-19)16-8-12(2)24-13(16)3/h4-6,8-11H,7H2,1-3H3,(H,21,22,23). The van der Waals surface area contributed by atoms with Gasteiger partial charge < -0.3 is 9.73 Å². The van der Waals surface area contributed by atoms with Crippen LogP contribution in [0.4, 0.5) is 9.52 Å². The minimum Gasteiger partial charge on any atom is -0.466 e. The number of halogens is 1. The number of furan rings is 1. The first-order valence-corrected chi connectivity index (χ1v) is 8.88. The van der Waals surface area contributed by atoms with Gasteiger partial charge in [0.2, 0.25) is 5.91 Å². The molecule has 0 aliphatic carbocycles. The molecule has 0 spiro atoms. The number of nitrogens with one attached hydrogen (secondary N) is 1. The third-order valence-corrected chi connectivity index (χ3v) is 4.69. The van der Waals surface area contributed by atoms with Crippen molar-refractivity contribution in [3.63, 3.8) is 0 Å². The van der Waals surface area contributed by atoms with Crippen LogP contribution in [-0.4, -0.2) is 10.9 Å². The van der Waals surface area contributed by atoms with Gasteiger partial charge >= 0.3 is 0 Å². The normalized spacial score (nSPS) is 12.2. The van der Waals surface area contributed by atoms with Crippen LogP contribution in [0.25, 0.3) is 11.3 Å². The quantitative estimate of drug-likeness (QED) is 0.700. The fourth-order valence-electron chi connectivity index (χ4n) is 2.68. The number of hydrogen-bond acceptors (Lipinski definition) is 4. The maximum absolute atomic E-state index is 13.2. The molecule has 0 radical (unpaired) electrons. The van der Waals surface area contributed by atoms with E-state index in [1.165, 1.54) is 23.5 Å². The number of aromatic nitrogens is 1. The van der Waals surface area contributed by atoms with Gasteiger partial charge in [-0.25, -0.2) is 9.37 Å². The molecule has 1 unspecified atom stereocenters. The van der Waals surface area contributed by atoms with E-state index in [0.717, 1.165) is 28.3 Å². The molecule has 0 saturated carbocycles. The summed E-state index contributed by atoms with van der Waals surface area (Å²) in [7, 11) is 0. The maximum atomic E-state index is 13.2. The highest BCUT2D eigenvalue weighted by atomic mass is 32.1. The Balaban J connectivity index is 1.66. The number of thiazole rings is 1. The van der Waals surface area contributed by atoms with Crippen molar-refractivity contribution in [2.75, 3.05) is 5.32 Å². The van der Waals surface area contributed by atoms with Crippen molar-refractivity contribution in [1.29, 1.82) is 0 Å². The summed E-state index contributed by atoms with van der Waals surface area (Å²) < 4.78 is 18.8. The summed E-state index contributed by atoms with van der Waals surface area (Å²) in [4.78, 5) is 16.8. The highest BCUT2D eigenvalue weighted by Crippen LogP contribution is 2.29. The van der Waals surface area contributed by atoms with E-state index in [4.69, 9.17) is 4.42 Å². The molecule has 1 amide bonds. The lowest BCUT2D eigenvalue weighted by molar-refractivity contribution is -0.119. The highest BCUT2D eigenvalue weighted by molar-refractivity contribution is 7.14. The van der Waals surface area contributed by atoms with Crippen molar-refractivity contribution < 1.29 is 13.6 Å².